The first-order chi connectivity index (χ1) is 7.20. The molecule has 1 aromatic heterocycles. The van der Waals surface area contributed by atoms with Crippen molar-refractivity contribution in [3.8, 4) is 0 Å². The lowest BCUT2D eigenvalue weighted by atomic mass is 10.4. The zero-order valence-electron chi connectivity index (χ0n) is 8.18. The van der Waals surface area contributed by atoms with Crippen LogP contribution in [0.3, 0.4) is 0 Å². The van der Waals surface area contributed by atoms with Crippen molar-refractivity contribution in [3.05, 3.63) is 18.2 Å². The quantitative estimate of drug-likeness (QED) is 0.766. The molecule has 1 aliphatic rings. The van der Waals surface area contributed by atoms with E-state index in [4.69, 9.17) is 4.74 Å². The van der Waals surface area contributed by atoms with Crippen molar-refractivity contribution < 1.29 is 9.53 Å². The largest absolute Gasteiger partial charge is 0.443 e. The van der Waals surface area contributed by atoms with E-state index in [9.17, 15) is 4.79 Å². The molecule has 15 heavy (non-hydrogen) atoms. The zero-order chi connectivity index (χ0) is 10.8. The number of aryl methyl sites for hydroxylation is 1. The van der Waals surface area contributed by atoms with Crippen LogP contribution < -0.4 is 4.90 Å². The topological polar surface area (TPSA) is 55.3 Å². The summed E-state index contributed by atoms with van der Waals surface area (Å²) in [6.45, 7) is 2.34. The summed E-state index contributed by atoms with van der Waals surface area (Å²) < 4.78 is 5.09. The van der Waals surface area contributed by atoms with Crippen molar-refractivity contribution in [2.45, 2.75) is 13.0 Å². The van der Waals surface area contributed by atoms with Gasteiger partial charge < -0.3 is 4.74 Å². The van der Waals surface area contributed by atoms with Crippen LogP contribution in [0.4, 0.5) is 10.5 Å². The average molecular weight is 272 g/mol. The monoisotopic (exact) mass is 271 g/mol. The predicted molar refractivity (Wildman–Crippen MR) is 58.2 cm³/mol. The second-order valence-electron chi connectivity index (χ2n) is 3.26. The Labute approximate surface area is 95.6 Å². The highest BCUT2D eigenvalue weighted by Crippen LogP contribution is 2.20. The van der Waals surface area contributed by atoms with E-state index in [0.717, 1.165) is 0 Å². The number of rotatable bonds is 2. The van der Waals surface area contributed by atoms with Gasteiger partial charge in [0, 0.05) is 5.33 Å². The van der Waals surface area contributed by atoms with Gasteiger partial charge >= 0.3 is 6.09 Å². The lowest BCUT2D eigenvalue weighted by molar-refractivity contribution is 0.152. The fourth-order valence-electron chi connectivity index (χ4n) is 1.34. The third-order valence-electron chi connectivity index (χ3n) is 2.13. The van der Waals surface area contributed by atoms with Gasteiger partial charge in [-0.3, -0.25) is 4.90 Å². The van der Waals surface area contributed by atoms with Crippen molar-refractivity contribution >= 4 is 27.7 Å². The predicted octanol–water partition coefficient (Wildman–Crippen LogP) is 1.51. The molecule has 0 radical (unpaired) electrons. The third kappa shape index (κ3) is 2.09. The molecule has 6 heteroatoms. The van der Waals surface area contributed by atoms with Crippen LogP contribution in [0.2, 0.25) is 0 Å². The van der Waals surface area contributed by atoms with E-state index in [0.29, 0.717) is 23.4 Å². The molecule has 0 spiro atoms. The number of anilines is 1. The molecule has 80 valence electrons. The molecule has 1 atom stereocenters. The maximum absolute atomic E-state index is 11.5. The normalized spacial score (nSPS) is 20.5. The highest BCUT2D eigenvalue weighted by atomic mass is 79.9. The number of amides is 1. The minimum atomic E-state index is -0.341. The van der Waals surface area contributed by atoms with Gasteiger partial charge in [0.15, 0.2) is 0 Å². The first-order valence-corrected chi connectivity index (χ1v) is 5.65. The van der Waals surface area contributed by atoms with Crippen LogP contribution in [0.5, 0.6) is 0 Å². The molecular weight excluding hydrogens is 262 g/mol. The van der Waals surface area contributed by atoms with E-state index in [1.165, 1.54) is 4.90 Å². The van der Waals surface area contributed by atoms with Crippen molar-refractivity contribution in [3.63, 3.8) is 0 Å². The Balaban J connectivity index is 2.18. The van der Waals surface area contributed by atoms with Crippen LogP contribution in [-0.2, 0) is 4.74 Å². The van der Waals surface area contributed by atoms with Crippen LogP contribution in [0.25, 0.3) is 0 Å². The molecule has 2 rings (SSSR count). The maximum Gasteiger partial charge on any atom is 0.414 e. The molecule has 1 aliphatic heterocycles. The number of hydrogen-bond donors (Lipinski definition) is 0. The zero-order valence-corrected chi connectivity index (χ0v) is 9.77. The van der Waals surface area contributed by atoms with Gasteiger partial charge in [0.1, 0.15) is 11.9 Å². The van der Waals surface area contributed by atoms with E-state index in [-0.39, 0.29) is 12.2 Å². The molecule has 1 fully saturated rings. The highest BCUT2D eigenvalue weighted by Gasteiger charge is 2.31. The Morgan fingerprint density at radius 1 is 1.60 bits per heavy atom. The van der Waals surface area contributed by atoms with Gasteiger partial charge in [-0.1, -0.05) is 15.9 Å². The number of hydrogen-bond acceptors (Lipinski definition) is 4. The van der Waals surface area contributed by atoms with Crippen LogP contribution in [0, 0.1) is 6.92 Å². The van der Waals surface area contributed by atoms with Gasteiger partial charge in [-0.05, 0) is 6.92 Å². The summed E-state index contributed by atoms with van der Waals surface area (Å²) in [4.78, 5) is 21.1. The Hall–Kier alpha value is -1.17. The number of nitrogens with zero attached hydrogens (tertiary/aromatic N) is 3. The van der Waals surface area contributed by atoms with Gasteiger partial charge in [0.2, 0.25) is 0 Å². The first kappa shape index (κ1) is 10.4. The number of carbonyl (C=O) groups is 1. The van der Waals surface area contributed by atoms with E-state index in [2.05, 4.69) is 25.9 Å². The standard InChI is InChI=1S/C9H10BrN3O2/c1-6-11-3-7(4-12-6)13-5-8(2-10)15-9(13)14/h3-4,8H,2,5H2,1H3. The molecular formula is C9H10BrN3O2. The lowest BCUT2D eigenvalue weighted by Crippen LogP contribution is -2.25. The average Bonchev–Trinajstić information content (AvgIpc) is 2.61. The molecule has 0 saturated carbocycles. The van der Waals surface area contributed by atoms with E-state index >= 15 is 0 Å². The van der Waals surface area contributed by atoms with Gasteiger partial charge in [-0.15, -0.1) is 0 Å². The first-order valence-electron chi connectivity index (χ1n) is 4.53. The molecule has 2 heterocycles. The number of halogens is 1. The Morgan fingerprint density at radius 3 is 2.80 bits per heavy atom. The minimum absolute atomic E-state index is 0.0983. The molecule has 1 amide bonds. The number of ether oxygens (including phenoxy) is 1. The summed E-state index contributed by atoms with van der Waals surface area (Å²) in [5.74, 6) is 0.684. The number of alkyl halides is 1. The maximum atomic E-state index is 11.5. The van der Waals surface area contributed by atoms with Crippen LogP contribution in [-0.4, -0.2) is 34.0 Å². The lowest BCUT2D eigenvalue weighted by Gasteiger charge is -2.11. The van der Waals surface area contributed by atoms with Gasteiger partial charge in [-0.25, -0.2) is 14.8 Å². The van der Waals surface area contributed by atoms with Crippen molar-refractivity contribution in [2.75, 3.05) is 16.8 Å². The highest BCUT2D eigenvalue weighted by molar-refractivity contribution is 9.09. The van der Waals surface area contributed by atoms with E-state index < -0.39 is 0 Å². The van der Waals surface area contributed by atoms with Gasteiger partial charge in [0.05, 0.1) is 24.6 Å². The molecule has 1 aromatic rings. The Kier molecular flexibility index (Phi) is 2.86. The van der Waals surface area contributed by atoms with Crippen LogP contribution >= 0.6 is 15.9 Å². The van der Waals surface area contributed by atoms with Crippen LogP contribution in [0.1, 0.15) is 5.82 Å². The second-order valence-corrected chi connectivity index (χ2v) is 3.91. The van der Waals surface area contributed by atoms with Crippen molar-refractivity contribution in [1.82, 2.24) is 9.97 Å². The van der Waals surface area contributed by atoms with Crippen molar-refractivity contribution in [2.24, 2.45) is 0 Å². The molecule has 5 nitrogen and oxygen atoms in total. The summed E-state index contributed by atoms with van der Waals surface area (Å²) in [5, 5.41) is 0.641. The summed E-state index contributed by atoms with van der Waals surface area (Å²) in [5.41, 5.74) is 0.675. The molecule has 0 N–H and O–H groups in total. The fraction of sp³-hybridized carbons (Fsp3) is 0.444. The molecule has 0 bridgehead atoms. The van der Waals surface area contributed by atoms with Crippen LogP contribution in [0.15, 0.2) is 12.4 Å². The molecule has 0 aromatic carbocycles. The Bertz CT molecular complexity index is 368. The second kappa shape index (κ2) is 4.14. The minimum Gasteiger partial charge on any atom is -0.443 e. The van der Waals surface area contributed by atoms with Gasteiger partial charge in [-0.2, -0.15) is 0 Å². The molecule has 1 unspecified atom stereocenters. The third-order valence-corrected chi connectivity index (χ3v) is 2.85. The smallest absolute Gasteiger partial charge is 0.414 e. The fourth-order valence-corrected chi connectivity index (χ4v) is 1.67. The SMILES string of the molecule is Cc1ncc(N2CC(CBr)OC2=O)cn1. The molecule has 1 saturated heterocycles. The van der Waals surface area contributed by atoms with Crippen molar-refractivity contribution in [1.29, 1.82) is 0 Å². The Morgan fingerprint density at radius 2 is 2.27 bits per heavy atom. The number of cyclic esters (lactones) is 1. The van der Waals surface area contributed by atoms with E-state index in [1.807, 2.05) is 0 Å². The molecule has 0 aliphatic carbocycles. The summed E-state index contributed by atoms with van der Waals surface area (Å²) >= 11 is 3.28. The number of carbonyl (C=O) groups excluding carboxylic acids is 1. The number of aromatic nitrogens is 2. The summed E-state index contributed by atoms with van der Waals surface area (Å²) in [6.07, 6.45) is 2.81. The summed E-state index contributed by atoms with van der Waals surface area (Å²) in [6, 6.07) is 0. The van der Waals surface area contributed by atoms with Gasteiger partial charge in [0.25, 0.3) is 0 Å². The summed E-state index contributed by atoms with van der Waals surface area (Å²) in [7, 11) is 0. The van der Waals surface area contributed by atoms with E-state index in [1.54, 1.807) is 19.3 Å².